The first-order valence-electron chi connectivity index (χ1n) is 6.89. The summed E-state index contributed by atoms with van der Waals surface area (Å²) in [5.41, 5.74) is 10.3. The molecule has 2 N–H and O–H groups in total. The van der Waals surface area contributed by atoms with Gasteiger partial charge >= 0.3 is 0 Å². The van der Waals surface area contributed by atoms with Crippen molar-refractivity contribution in [3.63, 3.8) is 0 Å². The van der Waals surface area contributed by atoms with Crippen molar-refractivity contribution >= 4 is 28.4 Å². The van der Waals surface area contributed by atoms with Crippen molar-refractivity contribution in [2.45, 2.75) is 13.8 Å². The van der Waals surface area contributed by atoms with Gasteiger partial charge in [-0.1, -0.05) is 18.2 Å². The number of aromatic nitrogens is 2. The molecule has 3 aromatic rings. The molecule has 106 valence electrons. The number of rotatable bonds is 2. The average molecular weight is 278 g/mol. The Morgan fingerprint density at radius 2 is 1.62 bits per heavy atom. The van der Waals surface area contributed by atoms with Gasteiger partial charge in [0.15, 0.2) is 0 Å². The van der Waals surface area contributed by atoms with Crippen molar-refractivity contribution in [2.24, 2.45) is 0 Å². The highest BCUT2D eigenvalue weighted by Gasteiger charge is 2.12. The smallest absolute Gasteiger partial charge is 0.222 e. The molecule has 4 heteroatoms. The first kappa shape index (κ1) is 13.4. The lowest BCUT2D eigenvalue weighted by atomic mass is 10.1. The molecule has 0 amide bonds. The molecule has 4 nitrogen and oxygen atoms in total. The van der Waals surface area contributed by atoms with E-state index in [2.05, 4.69) is 46.9 Å². The summed E-state index contributed by atoms with van der Waals surface area (Å²) in [5.74, 6) is 1.11. The zero-order chi connectivity index (χ0) is 15.0. The first-order chi connectivity index (χ1) is 10.0. The van der Waals surface area contributed by atoms with E-state index in [0.717, 1.165) is 22.4 Å². The molecule has 0 radical (unpaired) electrons. The summed E-state index contributed by atoms with van der Waals surface area (Å²) in [6.45, 7) is 4.19. The third-order valence-electron chi connectivity index (χ3n) is 3.51. The summed E-state index contributed by atoms with van der Waals surface area (Å²) < 4.78 is 0. The molecular formula is C17H18N4. The van der Waals surface area contributed by atoms with Gasteiger partial charge < -0.3 is 10.6 Å². The van der Waals surface area contributed by atoms with E-state index in [1.165, 1.54) is 11.1 Å². The second kappa shape index (κ2) is 5.05. The SMILES string of the molecule is Cc1cc(C)cc(N(C)c2nc(N)nc3ccccc23)c1. The number of nitrogens with zero attached hydrogens (tertiary/aromatic N) is 3. The molecule has 0 spiro atoms. The molecule has 1 aromatic heterocycles. The number of aryl methyl sites for hydroxylation is 2. The molecule has 0 saturated carbocycles. The number of hydrogen-bond donors (Lipinski definition) is 1. The lowest BCUT2D eigenvalue weighted by Crippen LogP contribution is -2.13. The van der Waals surface area contributed by atoms with Crippen LogP contribution in [0.1, 0.15) is 11.1 Å². The fourth-order valence-electron chi connectivity index (χ4n) is 2.60. The molecule has 0 aliphatic rings. The summed E-state index contributed by atoms with van der Waals surface area (Å²) in [6.07, 6.45) is 0. The van der Waals surface area contributed by atoms with Gasteiger partial charge in [0.25, 0.3) is 0 Å². The third-order valence-corrected chi connectivity index (χ3v) is 3.51. The van der Waals surface area contributed by atoms with Crippen molar-refractivity contribution in [2.75, 3.05) is 17.7 Å². The van der Waals surface area contributed by atoms with Crippen LogP contribution in [0.25, 0.3) is 10.9 Å². The van der Waals surface area contributed by atoms with E-state index in [1.807, 2.05) is 31.3 Å². The lowest BCUT2D eigenvalue weighted by Gasteiger charge is -2.21. The Hall–Kier alpha value is -2.62. The lowest BCUT2D eigenvalue weighted by molar-refractivity contribution is 1.11. The van der Waals surface area contributed by atoms with Crippen molar-refractivity contribution in [3.05, 3.63) is 53.6 Å². The van der Waals surface area contributed by atoms with Crippen LogP contribution in [0, 0.1) is 13.8 Å². The van der Waals surface area contributed by atoms with Crippen LogP contribution in [0.5, 0.6) is 0 Å². The molecule has 0 aliphatic heterocycles. The van der Waals surface area contributed by atoms with E-state index < -0.39 is 0 Å². The highest BCUT2D eigenvalue weighted by Crippen LogP contribution is 2.30. The summed E-state index contributed by atoms with van der Waals surface area (Å²) >= 11 is 0. The van der Waals surface area contributed by atoms with E-state index in [1.54, 1.807) is 0 Å². The van der Waals surface area contributed by atoms with Gasteiger partial charge in [0.1, 0.15) is 5.82 Å². The number of fused-ring (bicyclic) bond motifs is 1. The van der Waals surface area contributed by atoms with Crippen molar-refractivity contribution in [3.8, 4) is 0 Å². The Balaban J connectivity index is 2.19. The number of nitrogens with two attached hydrogens (primary N) is 1. The maximum absolute atomic E-state index is 5.85. The van der Waals surface area contributed by atoms with Gasteiger partial charge in [0, 0.05) is 18.1 Å². The Kier molecular flexibility index (Phi) is 3.22. The summed E-state index contributed by atoms with van der Waals surface area (Å²) in [6, 6.07) is 14.3. The molecular weight excluding hydrogens is 260 g/mol. The second-order valence-electron chi connectivity index (χ2n) is 5.33. The minimum Gasteiger partial charge on any atom is -0.368 e. The molecule has 21 heavy (non-hydrogen) atoms. The van der Waals surface area contributed by atoms with Gasteiger partial charge in [0.05, 0.1) is 5.52 Å². The van der Waals surface area contributed by atoms with Crippen LogP contribution in [0.4, 0.5) is 17.5 Å². The Labute approximate surface area is 124 Å². The van der Waals surface area contributed by atoms with Gasteiger partial charge in [-0.15, -0.1) is 0 Å². The Bertz CT molecular complexity index is 791. The molecule has 0 fully saturated rings. The van der Waals surface area contributed by atoms with Gasteiger partial charge in [-0.2, -0.15) is 4.98 Å². The summed E-state index contributed by atoms with van der Waals surface area (Å²) in [4.78, 5) is 10.8. The molecule has 3 rings (SSSR count). The summed E-state index contributed by atoms with van der Waals surface area (Å²) in [7, 11) is 2.00. The predicted octanol–water partition coefficient (Wildman–Crippen LogP) is 3.60. The molecule has 2 aromatic carbocycles. The zero-order valence-electron chi connectivity index (χ0n) is 12.5. The van der Waals surface area contributed by atoms with E-state index in [9.17, 15) is 0 Å². The largest absolute Gasteiger partial charge is 0.368 e. The maximum atomic E-state index is 5.85. The third kappa shape index (κ3) is 2.52. The number of benzene rings is 2. The topological polar surface area (TPSA) is 55.0 Å². The molecule has 0 unspecified atom stereocenters. The molecule has 0 bridgehead atoms. The fourth-order valence-corrected chi connectivity index (χ4v) is 2.60. The first-order valence-corrected chi connectivity index (χ1v) is 6.89. The van der Waals surface area contributed by atoms with E-state index in [-0.39, 0.29) is 0 Å². The molecule has 0 saturated heterocycles. The minimum absolute atomic E-state index is 0.292. The van der Waals surface area contributed by atoms with E-state index in [0.29, 0.717) is 5.95 Å². The van der Waals surface area contributed by atoms with Crippen molar-refractivity contribution in [1.82, 2.24) is 9.97 Å². The van der Waals surface area contributed by atoms with Crippen LogP contribution in [-0.4, -0.2) is 17.0 Å². The zero-order valence-corrected chi connectivity index (χ0v) is 12.5. The van der Waals surface area contributed by atoms with Crippen molar-refractivity contribution in [1.29, 1.82) is 0 Å². The van der Waals surface area contributed by atoms with Gasteiger partial charge in [0.2, 0.25) is 5.95 Å². The van der Waals surface area contributed by atoms with Crippen LogP contribution in [0.2, 0.25) is 0 Å². The van der Waals surface area contributed by atoms with E-state index in [4.69, 9.17) is 5.73 Å². The van der Waals surface area contributed by atoms with Gasteiger partial charge in [-0.05, 0) is 49.2 Å². The van der Waals surface area contributed by atoms with E-state index >= 15 is 0 Å². The standard InChI is InChI=1S/C17H18N4/c1-11-8-12(2)10-13(9-11)21(3)16-14-6-4-5-7-15(14)19-17(18)20-16/h4-10H,1-3H3,(H2,18,19,20). The van der Waals surface area contributed by atoms with Crippen LogP contribution < -0.4 is 10.6 Å². The summed E-state index contributed by atoms with van der Waals surface area (Å²) in [5, 5.41) is 0.994. The van der Waals surface area contributed by atoms with Crippen molar-refractivity contribution < 1.29 is 0 Å². The Morgan fingerprint density at radius 3 is 2.33 bits per heavy atom. The monoisotopic (exact) mass is 278 g/mol. The molecule has 1 heterocycles. The number of anilines is 3. The molecule has 0 atom stereocenters. The highest BCUT2D eigenvalue weighted by atomic mass is 15.2. The van der Waals surface area contributed by atoms with Crippen LogP contribution >= 0.6 is 0 Å². The predicted molar refractivity (Wildman–Crippen MR) is 87.9 cm³/mol. The van der Waals surface area contributed by atoms with Crippen LogP contribution in [-0.2, 0) is 0 Å². The van der Waals surface area contributed by atoms with Crippen LogP contribution in [0.15, 0.2) is 42.5 Å². The fraction of sp³-hybridized carbons (Fsp3) is 0.176. The number of nitrogen functional groups attached to an aromatic ring is 1. The van der Waals surface area contributed by atoms with Gasteiger partial charge in [-0.25, -0.2) is 4.98 Å². The minimum atomic E-state index is 0.292. The second-order valence-corrected chi connectivity index (χ2v) is 5.33. The Morgan fingerprint density at radius 1 is 0.952 bits per heavy atom. The normalized spacial score (nSPS) is 10.8. The van der Waals surface area contributed by atoms with Gasteiger partial charge in [-0.3, -0.25) is 0 Å². The maximum Gasteiger partial charge on any atom is 0.222 e. The number of hydrogen-bond acceptors (Lipinski definition) is 4. The molecule has 0 aliphatic carbocycles. The number of para-hydroxylation sites is 1. The average Bonchev–Trinajstić information content (AvgIpc) is 2.44. The van der Waals surface area contributed by atoms with Crippen LogP contribution in [0.3, 0.4) is 0 Å². The highest BCUT2D eigenvalue weighted by molar-refractivity contribution is 5.92. The quantitative estimate of drug-likeness (QED) is 0.778.